The van der Waals surface area contributed by atoms with Crippen LogP contribution in [-0.2, 0) is 4.79 Å². The first-order valence-corrected chi connectivity index (χ1v) is 10.4. The van der Waals surface area contributed by atoms with Crippen molar-refractivity contribution in [2.45, 2.75) is 32.7 Å². The molecule has 2 aliphatic rings. The third-order valence-electron chi connectivity index (χ3n) is 5.75. The van der Waals surface area contributed by atoms with E-state index in [1.807, 2.05) is 42.7 Å². The Morgan fingerprint density at radius 2 is 1.76 bits per heavy atom. The molecule has 1 aliphatic heterocycles. The summed E-state index contributed by atoms with van der Waals surface area (Å²) in [5, 5.41) is 3.04. The summed E-state index contributed by atoms with van der Waals surface area (Å²) in [6, 6.07) is 8.16. The van der Waals surface area contributed by atoms with Crippen LogP contribution in [0.3, 0.4) is 0 Å². The predicted molar refractivity (Wildman–Crippen MR) is 111 cm³/mol. The molecule has 0 radical (unpaired) electrons. The maximum Gasteiger partial charge on any atom is 0.234 e. The summed E-state index contributed by atoms with van der Waals surface area (Å²) in [7, 11) is 0. The fourth-order valence-electron chi connectivity index (χ4n) is 3.98. The van der Waals surface area contributed by atoms with E-state index in [4.69, 9.17) is 0 Å². The second-order valence-corrected chi connectivity index (χ2v) is 8.13. The van der Waals surface area contributed by atoms with E-state index in [9.17, 15) is 9.59 Å². The fourth-order valence-corrected chi connectivity index (χ4v) is 3.98. The van der Waals surface area contributed by atoms with Crippen LogP contribution in [0.25, 0.3) is 5.82 Å². The number of amides is 1. The molecule has 7 nitrogen and oxygen atoms in total. The molecule has 0 aromatic carbocycles. The van der Waals surface area contributed by atoms with Gasteiger partial charge in [0.1, 0.15) is 5.82 Å². The predicted octanol–water partition coefficient (Wildman–Crippen LogP) is 1.57. The second-order valence-electron chi connectivity index (χ2n) is 8.13. The normalized spacial score (nSPS) is 18.0. The molecule has 1 saturated carbocycles. The Balaban J connectivity index is 1.33. The molecule has 1 N–H and O–H groups in total. The van der Waals surface area contributed by atoms with Crippen molar-refractivity contribution in [2.24, 2.45) is 0 Å². The Morgan fingerprint density at radius 1 is 1.07 bits per heavy atom. The third-order valence-corrected chi connectivity index (χ3v) is 5.75. The molecule has 154 valence electrons. The molecule has 1 aliphatic carbocycles. The lowest BCUT2D eigenvalue weighted by Crippen LogP contribution is -2.50. The molecular formula is C22H29N5O2. The first-order chi connectivity index (χ1) is 14.0. The first kappa shape index (κ1) is 19.8. The molecule has 0 spiro atoms. The fraction of sp³-hybridized carbons (Fsp3) is 0.500. The number of nitrogens with zero attached hydrogens (tertiary/aromatic N) is 4. The minimum absolute atomic E-state index is 0.124. The summed E-state index contributed by atoms with van der Waals surface area (Å²) in [5.74, 6) is 1.10. The van der Waals surface area contributed by atoms with E-state index in [2.05, 4.69) is 20.1 Å². The number of ketones is 1. The van der Waals surface area contributed by atoms with Gasteiger partial charge in [0, 0.05) is 55.4 Å². The van der Waals surface area contributed by atoms with Gasteiger partial charge >= 0.3 is 0 Å². The number of rotatable bonds is 7. The average molecular weight is 396 g/mol. The maximum atomic E-state index is 13.0. The Bertz CT molecular complexity index is 880. The SMILES string of the molecule is Cc1cc(C(=O)CN2CCN(CC(=O)NC3CC3)CC2)c(C)n1-c1ccccn1. The number of piperazine rings is 1. The molecule has 0 bridgehead atoms. The number of aryl methyl sites for hydroxylation is 1. The van der Waals surface area contributed by atoms with Crippen molar-refractivity contribution < 1.29 is 9.59 Å². The maximum absolute atomic E-state index is 13.0. The van der Waals surface area contributed by atoms with Gasteiger partial charge in [-0.25, -0.2) is 4.98 Å². The van der Waals surface area contributed by atoms with E-state index >= 15 is 0 Å². The summed E-state index contributed by atoms with van der Waals surface area (Å²) in [4.78, 5) is 33.7. The van der Waals surface area contributed by atoms with Gasteiger partial charge in [0.15, 0.2) is 5.78 Å². The number of carbonyl (C=O) groups excluding carboxylic acids is 2. The van der Waals surface area contributed by atoms with E-state index in [1.165, 1.54) is 0 Å². The van der Waals surface area contributed by atoms with E-state index in [0.29, 0.717) is 19.1 Å². The Labute approximate surface area is 171 Å². The van der Waals surface area contributed by atoms with Gasteiger partial charge in [0.2, 0.25) is 5.91 Å². The number of carbonyl (C=O) groups is 2. The molecule has 4 rings (SSSR count). The van der Waals surface area contributed by atoms with Crippen molar-refractivity contribution in [3.05, 3.63) is 47.4 Å². The van der Waals surface area contributed by atoms with Gasteiger partial charge in [-0.2, -0.15) is 0 Å². The van der Waals surface area contributed by atoms with Crippen LogP contribution in [0.15, 0.2) is 30.5 Å². The number of Topliss-reactive ketones (excluding diaryl/α,β-unsaturated/α-hetero) is 1. The highest BCUT2D eigenvalue weighted by Gasteiger charge is 2.26. The summed E-state index contributed by atoms with van der Waals surface area (Å²) in [5.41, 5.74) is 2.71. The van der Waals surface area contributed by atoms with Crippen LogP contribution in [0, 0.1) is 13.8 Å². The monoisotopic (exact) mass is 395 g/mol. The van der Waals surface area contributed by atoms with Crippen LogP contribution >= 0.6 is 0 Å². The molecule has 2 aromatic rings. The van der Waals surface area contributed by atoms with Crippen molar-refractivity contribution in [3.63, 3.8) is 0 Å². The van der Waals surface area contributed by atoms with Crippen molar-refractivity contribution in [1.82, 2.24) is 24.7 Å². The van der Waals surface area contributed by atoms with Crippen molar-refractivity contribution >= 4 is 11.7 Å². The minimum Gasteiger partial charge on any atom is -0.352 e. The van der Waals surface area contributed by atoms with Gasteiger partial charge in [-0.1, -0.05) is 6.07 Å². The quantitative estimate of drug-likeness (QED) is 0.721. The number of hydrogen-bond acceptors (Lipinski definition) is 5. The van der Waals surface area contributed by atoms with Gasteiger partial charge in [-0.3, -0.25) is 19.4 Å². The minimum atomic E-state index is 0.124. The highest BCUT2D eigenvalue weighted by atomic mass is 16.2. The van der Waals surface area contributed by atoms with Crippen molar-refractivity contribution in [2.75, 3.05) is 39.3 Å². The molecular weight excluding hydrogens is 366 g/mol. The van der Waals surface area contributed by atoms with Gasteiger partial charge in [-0.05, 0) is 44.9 Å². The zero-order valence-electron chi connectivity index (χ0n) is 17.2. The summed E-state index contributed by atoms with van der Waals surface area (Å²) < 4.78 is 2.03. The van der Waals surface area contributed by atoms with Crippen LogP contribution in [0.1, 0.15) is 34.6 Å². The highest BCUT2D eigenvalue weighted by molar-refractivity contribution is 5.99. The van der Waals surface area contributed by atoms with E-state index < -0.39 is 0 Å². The van der Waals surface area contributed by atoms with Gasteiger partial charge in [-0.15, -0.1) is 0 Å². The standard InChI is InChI=1S/C22H29N5O2/c1-16-13-19(17(2)27(16)21-5-3-4-8-23-21)20(28)14-25-9-11-26(12-10-25)15-22(29)24-18-6-7-18/h3-5,8,13,18H,6-7,9-12,14-15H2,1-2H3,(H,24,29). The van der Waals surface area contributed by atoms with E-state index in [0.717, 1.165) is 61.8 Å². The van der Waals surface area contributed by atoms with Crippen LogP contribution in [0.4, 0.5) is 0 Å². The molecule has 3 heterocycles. The number of hydrogen-bond donors (Lipinski definition) is 1. The third kappa shape index (κ3) is 4.74. The molecule has 0 atom stereocenters. The largest absolute Gasteiger partial charge is 0.352 e. The molecule has 2 fully saturated rings. The van der Waals surface area contributed by atoms with E-state index in [-0.39, 0.29) is 11.7 Å². The van der Waals surface area contributed by atoms with Crippen LogP contribution < -0.4 is 5.32 Å². The lowest BCUT2D eigenvalue weighted by Gasteiger charge is -2.33. The Morgan fingerprint density at radius 3 is 2.38 bits per heavy atom. The highest BCUT2D eigenvalue weighted by Crippen LogP contribution is 2.21. The molecule has 1 amide bonds. The lowest BCUT2D eigenvalue weighted by molar-refractivity contribution is -0.122. The molecule has 1 saturated heterocycles. The van der Waals surface area contributed by atoms with Crippen molar-refractivity contribution in [1.29, 1.82) is 0 Å². The number of nitrogens with one attached hydrogen (secondary N) is 1. The Hall–Kier alpha value is -2.51. The summed E-state index contributed by atoms with van der Waals surface area (Å²) in [6.07, 6.45) is 3.99. The van der Waals surface area contributed by atoms with Crippen LogP contribution in [-0.4, -0.2) is 76.4 Å². The first-order valence-electron chi connectivity index (χ1n) is 10.4. The van der Waals surface area contributed by atoms with E-state index in [1.54, 1.807) is 6.20 Å². The van der Waals surface area contributed by atoms with Gasteiger partial charge in [0.25, 0.3) is 0 Å². The van der Waals surface area contributed by atoms with Crippen molar-refractivity contribution in [3.8, 4) is 5.82 Å². The van der Waals surface area contributed by atoms with Crippen LogP contribution in [0.2, 0.25) is 0 Å². The molecule has 2 aromatic heterocycles. The summed E-state index contributed by atoms with van der Waals surface area (Å²) >= 11 is 0. The molecule has 0 unspecified atom stereocenters. The summed E-state index contributed by atoms with van der Waals surface area (Å²) in [6.45, 7) is 8.10. The molecule has 29 heavy (non-hydrogen) atoms. The second kappa shape index (κ2) is 8.47. The average Bonchev–Trinajstić information content (AvgIpc) is 3.46. The number of pyridine rings is 1. The lowest BCUT2D eigenvalue weighted by atomic mass is 10.1. The Kier molecular flexibility index (Phi) is 5.78. The number of aromatic nitrogens is 2. The van der Waals surface area contributed by atoms with Crippen LogP contribution in [0.5, 0.6) is 0 Å². The van der Waals surface area contributed by atoms with Gasteiger partial charge in [0.05, 0.1) is 13.1 Å². The molecule has 7 heteroatoms. The smallest absolute Gasteiger partial charge is 0.234 e. The topological polar surface area (TPSA) is 70.5 Å². The van der Waals surface area contributed by atoms with Gasteiger partial charge < -0.3 is 9.88 Å². The zero-order valence-corrected chi connectivity index (χ0v) is 17.2. The zero-order chi connectivity index (χ0) is 20.4.